The van der Waals surface area contributed by atoms with Crippen molar-refractivity contribution < 1.29 is 14.8 Å². The third-order valence-electron chi connectivity index (χ3n) is 4.18. The summed E-state index contributed by atoms with van der Waals surface area (Å²) in [6.07, 6.45) is 3.93. The second-order valence-corrected chi connectivity index (χ2v) is 5.44. The number of fused-ring (bicyclic) bond motifs is 1. The van der Waals surface area contributed by atoms with Crippen molar-refractivity contribution in [3.63, 3.8) is 0 Å². The van der Waals surface area contributed by atoms with Crippen molar-refractivity contribution in [2.75, 3.05) is 7.11 Å². The lowest BCUT2D eigenvalue weighted by molar-refractivity contribution is -0.384. The lowest BCUT2D eigenvalue weighted by Crippen LogP contribution is -2.05. The van der Waals surface area contributed by atoms with Gasteiger partial charge in [0, 0.05) is 5.56 Å². The zero-order valence-electron chi connectivity index (χ0n) is 12.3. The minimum atomic E-state index is -0.431. The lowest BCUT2D eigenvalue weighted by atomic mass is 9.85. The van der Waals surface area contributed by atoms with Crippen molar-refractivity contribution >= 4 is 5.69 Å². The number of benzene rings is 2. The lowest BCUT2D eigenvalue weighted by Gasteiger charge is -2.20. The van der Waals surface area contributed by atoms with E-state index in [1.54, 1.807) is 18.2 Å². The first-order valence-electron chi connectivity index (χ1n) is 7.28. The highest BCUT2D eigenvalue weighted by Gasteiger charge is 2.24. The number of nitro benzene ring substituents is 1. The summed E-state index contributed by atoms with van der Waals surface area (Å²) in [6.45, 7) is 0. The second-order valence-electron chi connectivity index (χ2n) is 5.44. The normalized spacial score (nSPS) is 13.5. The largest absolute Gasteiger partial charge is 0.507 e. The smallest absolute Gasteiger partial charge is 0.281 e. The third-order valence-corrected chi connectivity index (χ3v) is 4.18. The summed E-state index contributed by atoms with van der Waals surface area (Å²) < 4.78 is 5.07. The predicted molar refractivity (Wildman–Crippen MR) is 83.4 cm³/mol. The van der Waals surface area contributed by atoms with Gasteiger partial charge in [-0.3, -0.25) is 10.1 Å². The highest BCUT2D eigenvalue weighted by atomic mass is 16.6. The minimum Gasteiger partial charge on any atom is -0.507 e. The van der Waals surface area contributed by atoms with Crippen LogP contribution in [-0.4, -0.2) is 17.1 Å². The van der Waals surface area contributed by atoms with Gasteiger partial charge in [0.2, 0.25) is 0 Å². The number of nitrogens with zero attached hydrogens (tertiary/aromatic N) is 1. The van der Waals surface area contributed by atoms with Gasteiger partial charge in [-0.25, -0.2) is 0 Å². The molecule has 0 radical (unpaired) electrons. The van der Waals surface area contributed by atoms with Gasteiger partial charge in [0.15, 0.2) is 0 Å². The Morgan fingerprint density at radius 3 is 2.68 bits per heavy atom. The molecular formula is C17H17NO4. The molecule has 0 amide bonds. The van der Waals surface area contributed by atoms with Crippen molar-refractivity contribution in [1.82, 2.24) is 0 Å². The van der Waals surface area contributed by atoms with Crippen LogP contribution in [0.1, 0.15) is 24.0 Å². The number of aryl methyl sites for hydroxylation is 1. The fourth-order valence-electron chi connectivity index (χ4n) is 3.12. The van der Waals surface area contributed by atoms with E-state index in [-0.39, 0.29) is 11.4 Å². The summed E-state index contributed by atoms with van der Waals surface area (Å²) >= 11 is 0. The van der Waals surface area contributed by atoms with Crippen LogP contribution in [0.25, 0.3) is 11.1 Å². The molecule has 0 saturated heterocycles. The van der Waals surface area contributed by atoms with Crippen molar-refractivity contribution in [2.45, 2.75) is 25.7 Å². The average molecular weight is 299 g/mol. The van der Waals surface area contributed by atoms with Crippen LogP contribution in [-0.2, 0) is 12.8 Å². The van der Waals surface area contributed by atoms with Crippen LogP contribution in [0.2, 0.25) is 0 Å². The number of aromatic hydroxyl groups is 1. The number of hydrogen-bond donors (Lipinski definition) is 1. The Bertz CT molecular complexity index is 740. The molecule has 0 bridgehead atoms. The standard InChI is InChI=1S/C17H17NO4/c1-22-12-7-8-14(15(10-12)18(20)21)17-13-5-3-2-4-11(13)6-9-16(17)19/h6-10,19H,2-5H2,1H3. The molecule has 0 heterocycles. The topological polar surface area (TPSA) is 72.6 Å². The first kappa shape index (κ1) is 14.4. The molecule has 114 valence electrons. The van der Waals surface area contributed by atoms with E-state index in [4.69, 9.17) is 4.74 Å². The van der Waals surface area contributed by atoms with Crippen LogP contribution in [0, 0.1) is 10.1 Å². The number of ether oxygens (including phenoxy) is 1. The van der Waals surface area contributed by atoms with Gasteiger partial charge in [0.05, 0.1) is 23.7 Å². The first-order valence-corrected chi connectivity index (χ1v) is 7.28. The fourth-order valence-corrected chi connectivity index (χ4v) is 3.12. The summed E-state index contributed by atoms with van der Waals surface area (Å²) in [5.41, 5.74) is 3.19. The molecule has 3 rings (SSSR count). The Labute approximate surface area is 128 Å². The molecule has 1 N–H and O–H groups in total. The van der Waals surface area contributed by atoms with Crippen molar-refractivity contribution in [3.8, 4) is 22.6 Å². The van der Waals surface area contributed by atoms with Gasteiger partial charge in [-0.2, -0.15) is 0 Å². The van der Waals surface area contributed by atoms with Crippen molar-refractivity contribution in [3.05, 3.63) is 51.6 Å². The zero-order valence-corrected chi connectivity index (χ0v) is 12.3. The molecule has 5 heteroatoms. The molecule has 0 spiro atoms. The van der Waals surface area contributed by atoms with Gasteiger partial charge in [-0.15, -0.1) is 0 Å². The Morgan fingerprint density at radius 2 is 1.95 bits per heavy atom. The SMILES string of the molecule is COc1ccc(-c2c(O)ccc3c2CCCC3)c([N+](=O)[O-])c1. The molecule has 1 aliphatic carbocycles. The molecule has 2 aromatic rings. The van der Waals surface area contributed by atoms with E-state index in [1.165, 1.54) is 18.7 Å². The number of phenolic OH excluding ortho intramolecular Hbond substituents is 1. The van der Waals surface area contributed by atoms with Gasteiger partial charge in [-0.1, -0.05) is 6.07 Å². The quantitative estimate of drug-likeness (QED) is 0.690. The number of methoxy groups -OCH3 is 1. The molecule has 2 aromatic carbocycles. The van der Waals surface area contributed by atoms with E-state index in [0.717, 1.165) is 31.2 Å². The molecule has 0 aliphatic heterocycles. The number of nitro groups is 1. The van der Waals surface area contributed by atoms with Gasteiger partial charge in [0.1, 0.15) is 11.5 Å². The van der Waals surface area contributed by atoms with Crippen LogP contribution in [0.3, 0.4) is 0 Å². The molecule has 22 heavy (non-hydrogen) atoms. The molecular weight excluding hydrogens is 282 g/mol. The number of phenols is 1. The molecule has 1 aliphatic rings. The van der Waals surface area contributed by atoms with E-state index >= 15 is 0 Å². The fraction of sp³-hybridized carbons (Fsp3) is 0.294. The molecule has 0 fully saturated rings. The highest BCUT2D eigenvalue weighted by Crippen LogP contribution is 2.42. The molecule has 5 nitrogen and oxygen atoms in total. The molecule has 0 saturated carbocycles. The van der Waals surface area contributed by atoms with E-state index in [9.17, 15) is 15.2 Å². The Hall–Kier alpha value is -2.56. The first-order chi connectivity index (χ1) is 10.6. The van der Waals surface area contributed by atoms with Gasteiger partial charge in [-0.05, 0) is 55.0 Å². The average Bonchev–Trinajstić information content (AvgIpc) is 2.54. The van der Waals surface area contributed by atoms with E-state index in [2.05, 4.69) is 0 Å². The maximum absolute atomic E-state index is 11.4. The summed E-state index contributed by atoms with van der Waals surface area (Å²) in [5, 5.41) is 21.7. The number of rotatable bonds is 3. The van der Waals surface area contributed by atoms with Crippen LogP contribution < -0.4 is 4.74 Å². The maximum atomic E-state index is 11.4. The summed E-state index contributed by atoms with van der Waals surface area (Å²) in [6, 6.07) is 8.29. The molecule has 0 unspecified atom stereocenters. The van der Waals surface area contributed by atoms with Crippen LogP contribution >= 0.6 is 0 Å². The molecule has 0 atom stereocenters. The van der Waals surface area contributed by atoms with E-state index in [1.807, 2.05) is 6.07 Å². The van der Waals surface area contributed by atoms with Crippen molar-refractivity contribution in [2.24, 2.45) is 0 Å². The summed E-state index contributed by atoms with van der Waals surface area (Å²) in [5.74, 6) is 0.522. The predicted octanol–water partition coefficient (Wildman–Crippen LogP) is 3.85. The second kappa shape index (κ2) is 5.67. The number of hydrogen-bond acceptors (Lipinski definition) is 4. The highest BCUT2D eigenvalue weighted by molar-refractivity contribution is 5.82. The maximum Gasteiger partial charge on any atom is 0.281 e. The van der Waals surface area contributed by atoms with E-state index in [0.29, 0.717) is 16.9 Å². The molecule has 0 aromatic heterocycles. The Morgan fingerprint density at radius 1 is 1.18 bits per heavy atom. The Balaban J connectivity index is 2.25. The zero-order chi connectivity index (χ0) is 15.7. The van der Waals surface area contributed by atoms with E-state index < -0.39 is 4.92 Å². The van der Waals surface area contributed by atoms with Crippen LogP contribution in [0.15, 0.2) is 30.3 Å². The third kappa shape index (κ3) is 2.39. The van der Waals surface area contributed by atoms with Gasteiger partial charge in [0.25, 0.3) is 5.69 Å². The monoisotopic (exact) mass is 299 g/mol. The minimum absolute atomic E-state index is 0.0476. The van der Waals surface area contributed by atoms with Crippen LogP contribution in [0.4, 0.5) is 5.69 Å². The van der Waals surface area contributed by atoms with Crippen molar-refractivity contribution in [1.29, 1.82) is 0 Å². The van der Waals surface area contributed by atoms with Gasteiger partial charge < -0.3 is 9.84 Å². The van der Waals surface area contributed by atoms with Crippen LogP contribution in [0.5, 0.6) is 11.5 Å². The summed E-state index contributed by atoms with van der Waals surface area (Å²) in [4.78, 5) is 11.0. The Kier molecular flexibility index (Phi) is 3.71. The summed E-state index contributed by atoms with van der Waals surface area (Å²) in [7, 11) is 1.47. The van der Waals surface area contributed by atoms with Gasteiger partial charge >= 0.3 is 0 Å².